The summed E-state index contributed by atoms with van der Waals surface area (Å²) in [5.41, 5.74) is 10.1. The lowest BCUT2D eigenvalue weighted by Gasteiger charge is -2.10. The molecule has 0 aliphatic heterocycles. The molecule has 0 radical (unpaired) electrons. The second kappa shape index (κ2) is 9.66. The molecule has 0 saturated heterocycles. The number of nitrogens with zero attached hydrogens (tertiary/aromatic N) is 1. The first-order valence-electron chi connectivity index (χ1n) is 13.1. The second-order valence-corrected chi connectivity index (χ2v) is 9.82. The van der Waals surface area contributed by atoms with Crippen LogP contribution in [0, 0.1) is 5.82 Å². The highest BCUT2D eigenvalue weighted by Gasteiger charge is 2.07. The topological polar surface area (TPSA) is 12.9 Å². The van der Waals surface area contributed by atoms with Crippen molar-refractivity contribution in [3.8, 4) is 44.5 Å². The van der Waals surface area contributed by atoms with Gasteiger partial charge in [-0.25, -0.2) is 4.39 Å². The van der Waals surface area contributed by atoms with E-state index in [-0.39, 0.29) is 5.82 Å². The fourth-order valence-corrected chi connectivity index (χ4v) is 5.28. The maximum absolute atomic E-state index is 13.3. The molecule has 1 nitrogen and oxygen atoms in total. The third kappa shape index (κ3) is 4.47. The Balaban J connectivity index is 1.15. The summed E-state index contributed by atoms with van der Waals surface area (Å²) < 4.78 is 13.3. The third-order valence-electron chi connectivity index (χ3n) is 7.40. The van der Waals surface area contributed by atoms with Crippen LogP contribution in [0.25, 0.3) is 66.2 Å². The molecule has 1 heterocycles. The van der Waals surface area contributed by atoms with Gasteiger partial charge in [-0.05, 0) is 80.0 Å². The fourth-order valence-electron chi connectivity index (χ4n) is 5.28. The molecule has 0 saturated carbocycles. The van der Waals surface area contributed by atoms with Crippen molar-refractivity contribution in [2.75, 3.05) is 0 Å². The molecule has 0 aliphatic carbocycles. The SMILES string of the molecule is Fc1ccc(-c2ccc(-c3ccc4cc(-c5ccc(-c6cccc7cccnc67)cc5)ccc4c3)cc2)cc1. The summed E-state index contributed by atoms with van der Waals surface area (Å²) >= 11 is 0. The summed E-state index contributed by atoms with van der Waals surface area (Å²) in [6.07, 6.45) is 1.85. The molecule has 7 aromatic rings. The molecule has 7 rings (SSSR count). The first-order valence-corrected chi connectivity index (χ1v) is 13.1. The Morgan fingerprint density at radius 3 is 1.44 bits per heavy atom. The van der Waals surface area contributed by atoms with Gasteiger partial charge in [0.25, 0.3) is 0 Å². The van der Waals surface area contributed by atoms with Crippen molar-refractivity contribution in [3.63, 3.8) is 0 Å². The Kier molecular flexibility index (Phi) is 5.71. The molecule has 0 fully saturated rings. The van der Waals surface area contributed by atoms with Crippen molar-refractivity contribution in [3.05, 3.63) is 152 Å². The van der Waals surface area contributed by atoms with Gasteiger partial charge in [0.1, 0.15) is 5.82 Å². The van der Waals surface area contributed by atoms with E-state index in [1.807, 2.05) is 24.4 Å². The monoisotopic (exact) mass is 501 g/mol. The fraction of sp³-hybridized carbons (Fsp3) is 0. The first-order chi connectivity index (χ1) is 19.2. The summed E-state index contributed by atoms with van der Waals surface area (Å²) in [5.74, 6) is -0.217. The molecule has 2 heteroatoms. The molecule has 0 amide bonds. The maximum atomic E-state index is 13.3. The van der Waals surface area contributed by atoms with Crippen molar-refractivity contribution in [1.29, 1.82) is 0 Å². The van der Waals surface area contributed by atoms with Crippen LogP contribution in [-0.4, -0.2) is 4.98 Å². The van der Waals surface area contributed by atoms with Gasteiger partial charge in [0, 0.05) is 17.1 Å². The Bertz CT molecular complexity index is 1930. The molecule has 0 aliphatic rings. The molecule has 0 bridgehead atoms. The predicted molar refractivity (Wildman–Crippen MR) is 161 cm³/mol. The predicted octanol–water partition coefficient (Wildman–Crippen LogP) is 10.2. The second-order valence-electron chi connectivity index (χ2n) is 9.82. The minimum atomic E-state index is -0.217. The minimum Gasteiger partial charge on any atom is -0.256 e. The number of para-hydroxylation sites is 1. The van der Waals surface area contributed by atoms with Gasteiger partial charge in [-0.1, -0.05) is 109 Å². The lowest BCUT2D eigenvalue weighted by molar-refractivity contribution is 0.628. The molecule has 0 N–H and O–H groups in total. The maximum Gasteiger partial charge on any atom is 0.123 e. The number of aromatic nitrogens is 1. The highest BCUT2D eigenvalue weighted by Crippen LogP contribution is 2.32. The zero-order valence-electron chi connectivity index (χ0n) is 21.2. The molecular weight excluding hydrogens is 477 g/mol. The molecule has 0 unspecified atom stereocenters. The zero-order chi connectivity index (χ0) is 26.2. The van der Waals surface area contributed by atoms with Crippen LogP contribution in [0.4, 0.5) is 4.39 Å². The summed E-state index contributed by atoms with van der Waals surface area (Å²) in [6.45, 7) is 0. The summed E-state index contributed by atoms with van der Waals surface area (Å²) in [4.78, 5) is 4.61. The average molecular weight is 502 g/mol. The van der Waals surface area contributed by atoms with Gasteiger partial charge in [-0.2, -0.15) is 0 Å². The van der Waals surface area contributed by atoms with E-state index in [9.17, 15) is 4.39 Å². The zero-order valence-corrected chi connectivity index (χ0v) is 21.2. The lowest BCUT2D eigenvalue weighted by Crippen LogP contribution is -1.85. The molecule has 0 atom stereocenters. The normalized spacial score (nSPS) is 11.2. The van der Waals surface area contributed by atoms with Crippen molar-refractivity contribution in [2.24, 2.45) is 0 Å². The highest BCUT2D eigenvalue weighted by atomic mass is 19.1. The molecule has 0 spiro atoms. The van der Waals surface area contributed by atoms with Crippen LogP contribution >= 0.6 is 0 Å². The summed E-state index contributed by atoms with van der Waals surface area (Å²) in [5, 5.41) is 3.57. The van der Waals surface area contributed by atoms with Crippen LogP contribution in [0.2, 0.25) is 0 Å². The Morgan fingerprint density at radius 2 is 0.846 bits per heavy atom. The number of pyridine rings is 1. The molecule has 1 aromatic heterocycles. The van der Waals surface area contributed by atoms with E-state index in [2.05, 4.69) is 114 Å². The number of halogens is 1. The number of hydrogen-bond acceptors (Lipinski definition) is 1. The van der Waals surface area contributed by atoms with Crippen LogP contribution in [-0.2, 0) is 0 Å². The van der Waals surface area contributed by atoms with Crippen LogP contribution in [0.3, 0.4) is 0 Å². The van der Waals surface area contributed by atoms with E-state index in [1.165, 1.54) is 45.2 Å². The third-order valence-corrected chi connectivity index (χ3v) is 7.40. The van der Waals surface area contributed by atoms with E-state index >= 15 is 0 Å². The average Bonchev–Trinajstić information content (AvgIpc) is 3.01. The van der Waals surface area contributed by atoms with Crippen LogP contribution < -0.4 is 0 Å². The highest BCUT2D eigenvalue weighted by molar-refractivity contribution is 5.94. The number of rotatable bonds is 4. The number of fused-ring (bicyclic) bond motifs is 2. The van der Waals surface area contributed by atoms with Crippen molar-refractivity contribution >= 4 is 21.7 Å². The van der Waals surface area contributed by atoms with Crippen LogP contribution in [0.5, 0.6) is 0 Å². The van der Waals surface area contributed by atoms with E-state index in [0.29, 0.717) is 0 Å². The number of hydrogen-bond donors (Lipinski definition) is 0. The van der Waals surface area contributed by atoms with Crippen molar-refractivity contribution in [2.45, 2.75) is 0 Å². The van der Waals surface area contributed by atoms with E-state index in [4.69, 9.17) is 0 Å². The van der Waals surface area contributed by atoms with E-state index in [0.717, 1.165) is 33.2 Å². The van der Waals surface area contributed by atoms with Gasteiger partial charge in [-0.15, -0.1) is 0 Å². The van der Waals surface area contributed by atoms with Crippen molar-refractivity contribution in [1.82, 2.24) is 4.98 Å². The largest absolute Gasteiger partial charge is 0.256 e. The standard InChI is InChI=1S/C37H24FN/c38-35-20-18-26(19-21-35)25-6-8-27(9-7-25)31-14-16-34-24-32(15-17-33(34)23-31)28-10-12-29(13-11-28)36-5-1-3-30-4-2-22-39-37(30)36/h1-24H. The van der Waals surface area contributed by atoms with Gasteiger partial charge in [0.2, 0.25) is 0 Å². The van der Waals surface area contributed by atoms with E-state index < -0.39 is 0 Å². The molecule has 39 heavy (non-hydrogen) atoms. The Morgan fingerprint density at radius 1 is 0.385 bits per heavy atom. The van der Waals surface area contributed by atoms with Crippen LogP contribution in [0.15, 0.2) is 146 Å². The molecular formula is C37H24FN. The lowest BCUT2D eigenvalue weighted by atomic mass is 9.95. The first kappa shape index (κ1) is 23.1. The van der Waals surface area contributed by atoms with E-state index in [1.54, 1.807) is 0 Å². The van der Waals surface area contributed by atoms with Gasteiger partial charge in [-0.3, -0.25) is 4.98 Å². The Labute approximate surface area is 226 Å². The Hall–Kier alpha value is -5.08. The molecule has 6 aromatic carbocycles. The minimum absolute atomic E-state index is 0.217. The number of benzene rings is 6. The smallest absolute Gasteiger partial charge is 0.123 e. The quantitative estimate of drug-likeness (QED) is 0.234. The van der Waals surface area contributed by atoms with Gasteiger partial charge < -0.3 is 0 Å². The summed E-state index contributed by atoms with van der Waals surface area (Å²) in [7, 11) is 0. The van der Waals surface area contributed by atoms with Crippen LogP contribution in [0.1, 0.15) is 0 Å². The summed E-state index contributed by atoms with van der Waals surface area (Å²) in [6, 6.07) is 47.5. The van der Waals surface area contributed by atoms with Gasteiger partial charge in [0.05, 0.1) is 5.52 Å². The molecule has 184 valence electrons. The van der Waals surface area contributed by atoms with Crippen molar-refractivity contribution < 1.29 is 4.39 Å². The van der Waals surface area contributed by atoms with Gasteiger partial charge >= 0.3 is 0 Å². The van der Waals surface area contributed by atoms with Gasteiger partial charge in [0.15, 0.2) is 0 Å².